The fourth-order valence-corrected chi connectivity index (χ4v) is 3.25. The van der Waals surface area contributed by atoms with Crippen LogP contribution in [-0.2, 0) is 17.6 Å². The molecule has 0 saturated carbocycles. The first-order valence-electron chi connectivity index (χ1n) is 7.39. The van der Waals surface area contributed by atoms with Gasteiger partial charge < -0.3 is 10.3 Å². The lowest BCUT2D eigenvalue weighted by molar-refractivity contribution is -0.120. The van der Waals surface area contributed by atoms with Gasteiger partial charge in [-0.25, -0.2) is 9.97 Å². The predicted octanol–water partition coefficient (Wildman–Crippen LogP) is 2.17. The van der Waals surface area contributed by atoms with E-state index in [0.717, 1.165) is 27.5 Å². The van der Waals surface area contributed by atoms with E-state index in [1.165, 1.54) is 0 Å². The Morgan fingerprint density at radius 3 is 3.09 bits per heavy atom. The molecule has 0 aliphatic carbocycles. The van der Waals surface area contributed by atoms with E-state index >= 15 is 0 Å². The van der Waals surface area contributed by atoms with E-state index < -0.39 is 0 Å². The molecule has 0 aliphatic rings. The second-order valence-corrected chi connectivity index (χ2v) is 6.18. The molecule has 0 radical (unpaired) electrons. The van der Waals surface area contributed by atoms with Gasteiger partial charge in [-0.05, 0) is 12.1 Å². The van der Waals surface area contributed by atoms with Gasteiger partial charge in [-0.15, -0.1) is 11.3 Å². The smallest absolute Gasteiger partial charge is 0.226 e. The largest absolute Gasteiger partial charge is 0.355 e. The van der Waals surface area contributed by atoms with Crippen molar-refractivity contribution in [3.63, 3.8) is 0 Å². The van der Waals surface area contributed by atoms with Crippen molar-refractivity contribution in [2.75, 3.05) is 6.54 Å². The highest BCUT2D eigenvalue weighted by Gasteiger charge is 2.08. The molecule has 0 atom stereocenters. The topological polar surface area (TPSA) is 75.1 Å². The number of carbonyl (C=O) groups is 1. The van der Waals surface area contributed by atoms with Crippen molar-refractivity contribution in [2.45, 2.75) is 12.8 Å². The number of thiazole rings is 1. The number of aromatic amines is 1. The van der Waals surface area contributed by atoms with Gasteiger partial charge >= 0.3 is 0 Å². The SMILES string of the molecule is O=C(Cc1cn2ccsc2n1)NCCc1nc2ccccc2[nH]1. The minimum Gasteiger partial charge on any atom is -0.355 e. The summed E-state index contributed by atoms with van der Waals surface area (Å²) in [6.07, 6.45) is 4.81. The molecule has 3 aromatic heterocycles. The lowest BCUT2D eigenvalue weighted by Gasteiger charge is -2.02. The maximum Gasteiger partial charge on any atom is 0.226 e. The van der Waals surface area contributed by atoms with Gasteiger partial charge in [0.15, 0.2) is 4.96 Å². The van der Waals surface area contributed by atoms with E-state index in [0.29, 0.717) is 19.4 Å². The number of nitrogens with zero attached hydrogens (tertiary/aromatic N) is 3. The molecule has 0 aliphatic heterocycles. The molecule has 4 rings (SSSR count). The zero-order chi connectivity index (χ0) is 15.6. The number of carbonyl (C=O) groups excluding carboxylic acids is 1. The molecule has 23 heavy (non-hydrogen) atoms. The lowest BCUT2D eigenvalue weighted by Crippen LogP contribution is -2.27. The normalized spacial score (nSPS) is 11.3. The summed E-state index contributed by atoms with van der Waals surface area (Å²) in [6, 6.07) is 7.90. The van der Waals surface area contributed by atoms with E-state index in [9.17, 15) is 4.79 Å². The molecule has 0 unspecified atom stereocenters. The highest BCUT2D eigenvalue weighted by atomic mass is 32.1. The number of hydrogen-bond donors (Lipinski definition) is 2. The fourth-order valence-electron chi connectivity index (χ4n) is 2.53. The number of nitrogens with one attached hydrogen (secondary N) is 2. The van der Waals surface area contributed by atoms with Gasteiger partial charge in [0.2, 0.25) is 5.91 Å². The van der Waals surface area contributed by atoms with E-state index in [2.05, 4.69) is 20.3 Å². The number of H-pyrrole nitrogens is 1. The van der Waals surface area contributed by atoms with Gasteiger partial charge in [0, 0.05) is 30.7 Å². The van der Waals surface area contributed by atoms with Crippen LogP contribution < -0.4 is 5.32 Å². The Hall–Kier alpha value is -2.67. The molecule has 1 amide bonds. The fraction of sp³-hybridized carbons (Fsp3) is 0.188. The first kappa shape index (κ1) is 14.0. The third-order valence-corrected chi connectivity index (χ3v) is 4.38. The Balaban J connectivity index is 1.31. The summed E-state index contributed by atoms with van der Waals surface area (Å²) < 4.78 is 1.93. The standard InChI is InChI=1S/C16H15N5OS/c22-15(9-11-10-21-7-8-23-16(21)18-11)17-6-5-14-19-12-3-1-2-4-13(12)20-14/h1-4,7-8,10H,5-6,9H2,(H,17,22)(H,19,20). The van der Waals surface area contributed by atoms with Crippen molar-refractivity contribution in [1.29, 1.82) is 0 Å². The summed E-state index contributed by atoms with van der Waals surface area (Å²) in [4.78, 5) is 25.1. The van der Waals surface area contributed by atoms with Crippen molar-refractivity contribution in [2.24, 2.45) is 0 Å². The second-order valence-electron chi connectivity index (χ2n) is 5.30. The first-order valence-corrected chi connectivity index (χ1v) is 8.27. The Bertz CT molecular complexity index is 906. The molecule has 3 heterocycles. The summed E-state index contributed by atoms with van der Waals surface area (Å²) >= 11 is 1.56. The maximum atomic E-state index is 12.0. The van der Waals surface area contributed by atoms with Gasteiger partial charge in [-0.3, -0.25) is 9.20 Å². The van der Waals surface area contributed by atoms with Crippen LogP contribution in [0.3, 0.4) is 0 Å². The number of fused-ring (bicyclic) bond motifs is 2. The maximum absolute atomic E-state index is 12.0. The molecule has 7 heteroatoms. The van der Waals surface area contributed by atoms with E-state index in [1.807, 2.05) is 46.4 Å². The van der Waals surface area contributed by atoms with Crippen LogP contribution in [0.2, 0.25) is 0 Å². The Morgan fingerprint density at radius 1 is 1.30 bits per heavy atom. The van der Waals surface area contributed by atoms with E-state index in [-0.39, 0.29) is 5.91 Å². The monoisotopic (exact) mass is 325 g/mol. The molecule has 0 bridgehead atoms. The minimum atomic E-state index is -0.0214. The molecule has 4 aromatic rings. The average Bonchev–Trinajstić information content (AvgIpc) is 3.20. The van der Waals surface area contributed by atoms with Gasteiger partial charge in [0.1, 0.15) is 5.82 Å². The van der Waals surface area contributed by atoms with Crippen molar-refractivity contribution < 1.29 is 4.79 Å². The molecule has 1 aromatic carbocycles. The highest BCUT2D eigenvalue weighted by Crippen LogP contribution is 2.12. The van der Waals surface area contributed by atoms with Crippen molar-refractivity contribution >= 4 is 33.2 Å². The molecule has 0 fully saturated rings. The highest BCUT2D eigenvalue weighted by molar-refractivity contribution is 7.15. The van der Waals surface area contributed by atoms with Crippen LogP contribution in [0.25, 0.3) is 16.0 Å². The molecule has 6 nitrogen and oxygen atoms in total. The average molecular weight is 325 g/mol. The number of para-hydroxylation sites is 2. The van der Waals surface area contributed by atoms with Crippen molar-refractivity contribution in [1.82, 2.24) is 24.7 Å². The quantitative estimate of drug-likeness (QED) is 0.590. The van der Waals surface area contributed by atoms with Crippen LogP contribution in [0, 0.1) is 0 Å². The van der Waals surface area contributed by atoms with Gasteiger partial charge in [-0.1, -0.05) is 12.1 Å². The Morgan fingerprint density at radius 2 is 2.22 bits per heavy atom. The zero-order valence-electron chi connectivity index (χ0n) is 12.3. The number of aromatic nitrogens is 4. The van der Waals surface area contributed by atoms with E-state index in [1.54, 1.807) is 11.3 Å². The molecule has 0 spiro atoms. The number of benzene rings is 1. The van der Waals surface area contributed by atoms with Gasteiger partial charge in [0.05, 0.1) is 23.1 Å². The van der Waals surface area contributed by atoms with Crippen LogP contribution in [0.5, 0.6) is 0 Å². The molecule has 116 valence electrons. The van der Waals surface area contributed by atoms with Gasteiger partial charge in [0.25, 0.3) is 0 Å². The third-order valence-electron chi connectivity index (χ3n) is 3.61. The molecule has 2 N–H and O–H groups in total. The summed E-state index contributed by atoms with van der Waals surface area (Å²) in [7, 11) is 0. The van der Waals surface area contributed by atoms with Crippen LogP contribution in [0.4, 0.5) is 0 Å². The number of hydrogen-bond acceptors (Lipinski definition) is 4. The van der Waals surface area contributed by atoms with Crippen LogP contribution in [0.1, 0.15) is 11.5 Å². The van der Waals surface area contributed by atoms with E-state index in [4.69, 9.17) is 0 Å². The molecular formula is C16H15N5OS. The summed E-state index contributed by atoms with van der Waals surface area (Å²) in [6.45, 7) is 0.556. The summed E-state index contributed by atoms with van der Waals surface area (Å²) in [5.74, 6) is 0.862. The molecule has 0 saturated heterocycles. The van der Waals surface area contributed by atoms with Crippen molar-refractivity contribution in [3.05, 3.63) is 53.6 Å². The molecular weight excluding hydrogens is 310 g/mol. The predicted molar refractivity (Wildman–Crippen MR) is 89.6 cm³/mol. The van der Waals surface area contributed by atoms with Crippen LogP contribution >= 0.6 is 11.3 Å². The zero-order valence-corrected chi connectivity index (χ0v) is 13.1. The van der Waals surface area contributed by atoms with Crippen LogP contribution in [-0.4, -0.2) is 31.8 Å². The Labute approximate surface area is 136 Å². The van der Waals surface area contributed by atoms with Crippen LogP contribution in [0.15, 0.2) is 42.0 Å². The minimum absolute atomic E-state index is 0.0214. The number of imidazole rings is 2. The van der Waals surface area contributed by atoms with Crippen molar-refractivity contribution in [3.8, 4) is 0 Å². The second kappa shape index (κ2) is 5.85. The number of rotatable bonds is 5. The number of amides is 1. The third kappa shape index (κ3) is 2.95. The summed E-state index contributed by atoms with van der Waals surface area (Å²) in [5.41, 5.74) is 2.76. The van der Waals surface area contributed by atoms with Gasteiger partial charge in [-0.2, -0.15) is 0 Å². The summed E-state index contributed by atoms with van der Waals surface area (Å²) in [5, 5.41) is 4.89. The first-order chi connectivity index (χ1) is 11.3. The lowest BCUT2D eigenvalue weighted by atomic mass is 10.3. The Kier molecular flexibility index (Phi) is 3.55.